The van der Waals surface area contributed by atoms with E-state index in [-0.39, 0.29) is 11.6 Å². The SMILES string of the molecule is O=c1[nH]c(O)c(Cc2ccccc2)o1. The summed E-state index contributed by atoms with van der Waals surface area (Å²) < 4.78 is 4.76. The number of aromatic nitrogens is 1. The first-order valence-corrected chi connectivity index (χ1v) is 4.20. The topological polar surface area (TPSA) is 66.2 Å². The first-order valence-electron chi connectivity index (χ1n) is 4.20. The largest absolute Gasteiger partial charge is 0.492 e. The molecule has 0 fully saturated rings. The summed E-state index contributed by atoms with van der Waals surface area (Å²) >= 11 is 0. The second-order valence-corrected chi connectivity index (χ2v) is 2.95. The Balaban J connectivity index is 2.27. The molecule has 0 aliphatic carbocycles. The second-order valence-electron chi connectivity index (χ2n) is 2.95. The number of rotatable bonds is 2. The fraction of sp³-hybridized carbons (Fsp3) is 0.100. The molecule has 72 valence electrons. The molecular formula is C10H9NO3. The smallest absolute Gasteiger partial charge is 0.419 e. The lowest BCUT2D eigenvalue weighted by Gasteiger charge is -1.96. The van der Waals surface area contributed by atoms with E-state index in [1.807, 2.05) is 30.3 Å². The molecule has 4 heteroatoms. The van der Waals surface area contributed by atoms with E-state index in [2.05, 4.69) is 4.98 Å². The third-order valence-electron chi connectivity index (χ3n) is 1.91. The van der Waals surface area contributed by atoms with Gasteiger partial charge in [-0.2, -0.15) is 0 Å². The number of nitrogens with one attached hydrogen (secondary N) is 1. The van der Waals surface area contributed by atoms with Crippen LogP contribution in [0.25, 0.3) is 0 Å². The monoisotopic (exact) mass is 191 g/mol. The summed E-state index contributed by atoms with van der Waals surface area (Å²) in [5, 5.41) is 9.24. The van der Waals surface area contributed by atoms with Crippen molar-refractivity contribution in [2.45, 2.75) is 6.42 Å². The minimum atomic E-state index is -0.631. The molecule has 1 heterocycles. The van der Waals surface area contributed by atoms with Gasteiger partial charge in [0, 0.05) is 6.42 Å². The Hall–Kier alpha value is -1.97. The summed E-state index contributed by atoms with van der Waals surface area (Å²) in [5.41, 5.74) is 0.977. The zero-order valence-corrected chi connectivity index (χ0v) is 7.36. The van der Waals surface area contributed by atoms with Crippen LogP contribution in [0.15, 0.2) is 39.5 Å². The van der Waals surface area contributed by atoms with E-state index in [0.29, 0.717) is 6.42 Å². The number of hydrogen-bond acceptors (Lipinski definition) is 3. The number of hydrogen-bond donors (Lipinski definition) is 2. The highest BCUT2D eigenvalue weighted by Gasteiger charge is 2.08. The van der Waals surface area contributed by atoms with Gasteiger partial charge in [-0.15, -0.1) is 0 Å². The molecule has 0 saturated heterocycles. The third-order valence-corrected chi connectivity index (χ3v) is 1.91. The van der Waals surface area contributed by atoms with Crippen molar-refractivity contribution in [1.82, 2.24) is 4.98 Å². The molecule has 0 atom stereocenters. The van der Waals surface area contributed by atoms with Crippen molar-refractivity contribution in [1.29, 1.82) is 0 Å². The molecule has 1 aromatic heterocycles. The van der Waals surface area contributed by atoms with Crippen LogP contribution in [0.2, 0.25) is 0 Å². The van der Waals surface area contributed by atoms with Crippen LogP contribution in [-0.2, 0) is 6.42 Å². The Bertz CT molecular complexity index is 470. The molecular weight excluding hydrogens is 182 g/mol. The third kappa shape index (κ3) is 1.69. The Morgan fingerprint density at radius 3 is 2.57 bits per heavy atom. The molecule has 0 bridgehead atoms. The fourth-order valence-corrected chi connectivity index (χ4v) is 1.25. The van der Waals surface area contributed by atoms with Gasteiger partial charge >= 0.3 is 5.76 Å². The van der Waals surface area contributed by atoms with Crippen molar-refractivity contribution in [2.75, 3.05) is 0 Å². The average Bonchev–Trinajstić information content (AvgIpc) is 2.47. The van der Waals surface area contributed by atoms with E-state index in [4.69, 9.17) is 4.42 Å². The molecule has 2 rings (SSSR count). The highest BCUT2D eigenvalue weighted by molar-refractivity contribution is 5.24. The maximum absolute atomic E-state index is 10.7. The molecule has 1 aromatic carbocycles. The van der Waals surface area contributed by atoms with Gasteiger partial charge in [-0.25, -0.2) is 4.79 Å². The number of aromatic amines is 1. The van der Waals surface area contributed by atoms with Crippen LogP contribution in [0.4, 0.5) is 0 Å². The summed E-state index contributed by atoms with van der Waals surface area (Å²) in [6.07, 6.45) is 0.408. The molecule has 4 nitrogen and oxygen atoms in total. The molecule has 0 saturated carbocycles. The van der Waals surface area contributed by atoms with E-state index in [1.54, 1.807) is 0 Å². The summed E-state index contributed by atoms with van der Waals surface area (Å²) in [7, 11) is 0. The van der Waals surface area contributed by atoms with Crippen molar-refractivity contribution in [3.63, 3.8) is 0 Å². The lowest BCUT2D eigenvalue weighted by Crippen LogP contribution is -1.93. The normalized spacial score (nSPS) is 10.3. The molecule has 0 amide bonds. The summed E-state index contributed by atoms with van der Waals surface area (Å²) in [6, 6.07) is 9.46. The molecule has 2 aromatic rings. The Morgan fingerprint density at radius 2 is 2.00 bits per heavy atom. The summed E-state index contributed by atoms with van der Waals surface area (Å²) in [5.74, 6) is -0.562. The van der Waals surface area contributed by atoms with Gasteiger partial charge in [0.25, 0.3) is 0 Å². The number of aromatic hydroxyl groups is 1. The van der Waals surface area contributed by atoms with E-state index in [1.165, 1.54) is 0 Å². The van der Waals surface area contributed by atoms with Gasteiger partial charge in [0.1, 0.15) is 0 Å². The van der Waals surface area contributed by atoms with E-state index >= 15 is 0 Å². The van der Waals surface area contributed by atoms with Crippen LogP contribution >= 0.6 is 0 Å². The van der Waals surface area contributed by atoms with Crippen molar-refractivity contribution < 1.29 is 9.52 Å². The van der Waals surface area contributed by atoms with Crippen molar-refractivity contribution >= 4 is 0 Å². The van der Waals surface area contributed by atoms with Crippen LogP contribution in [0, 0.1) is 0 Å². The maximum atomic E-state index is 10.7. The van der Waals surface area contributed by atoms with E-state index in [9.17, 15) is 9.90 Å². The lowest BCUT2D eigenvalue weighted by molar-refractivity contribution is 0.426. The first-order chi connectivity index (χ1) is 6.75. The highest BCUT2D eigenvalue weighted by Crippen LogP contribution is 2.15. The number of benzene rings is 1. The Kier molecular flexibility index (Phi) is 2.10. The highest BCUT2D eigenvalue weighted by atomic mass is 16.4. The van der Waals surface area contributed by atoms with Crippen LogP contribution < -0.4 is 5.76 Å². The van der Waals surface area contributed by atoms with Crippen molar-refractivity contribution in [3.05, 3.63) is 52.2 Å². The minimum absolute atomic E-state index is 0.196. The number of oxazole rings is 1. The van der Waals surface area contributed by atoms with Crippen molar-refractivity contribution in [3.8, 4) is 5.88 Å². The van der Waals surface area contributed by atoms with E-state index in [0.717, 1.165) is 5.56 Å². The number of H-pyrrole nitrogens is 1. The Morgan fingerprint density at radius 1 is 1.29 bits per heavy atom. The standard InChI is InChI=1S/C10H9NO3/c12-9-8(14-10(13)11-9)6-7-4-2-1-3-5-7/h1-5,12H,6H2,(H,11,13). The van der Waals surface area contributed by atoms with Gasteiger partial charge < -0.3 is 9.52 Å². The predicted molar refractivity (Wildman–Crippen MR) is 50.2 cm³/mol. The lowest BCUT2D eigenvalue weighted by atomic mass is 10.1. The van der Waals surface area contributed by atoms with Gasteiger partial charge in [0.15, 0.2) is 5.76 Å². The zero-order chi connectivity index (χ0) is 9.97. The van der Waals surface area contributed by atoms with Crippen LogP contribution in [0.5, 0.6) is 5.88 Å². The van der Waals surface area contributed by atoms with Crippen LogP contribution in [0.3, 0.4) is 0 Å². The quantitative estimate of drug-likeness (QED) is 0.751. The van der Waals surface area contributed by atoms with Gasteiger partial charge in [-0.1, -0.05) is 30.3 Å². The molecule has 0 aliphatic rings. The zero-order valence-electron chi connectivity index (χ0n) is 7.36. The van der Waals surface area contributed by atoms with Gasteiger partial charge in [-0.05, 0) is 5.56 Å². The second kappa shape index (κ2) is 3.41. The molecule has 2 N–H and O–H groups in total. The summed E-state index contributed by atoms with van der Waals surface area (Å²) in [4.78, 5) is 12.9. The predicted octanol–water partition coefficient (Wildman–Crippen LogP) is 1.26. The summed E-state index contributed by atoms with van der Waals surface area (Å²) in [6.45, 7) is 0. The van der Waals surface area contributed by atoms with E-state index < -0.39 is 5.76 Å². The molecule has 0 unspecified atom stereocenters. The molecule has 0 radical (unpaired) electrons. The molecule has 14 heavy (non-hydrogen) atoms. The average molecular weight is 191 g/mol. The minimum Gasteiger partial charge on any atom is -0.492 e. The van der Waals surface area contributed by atoms with Crippen LogP contribution in [-0.4, -0.2) is 10.1 Å². The van der Waals surface area contributed by atoms with Gasteiger partial charge in [-0.3, -0.25) is 4.98 Å². The van der Waals surface area contributed by atoms with Crippen LogP contribution in [0.1, 0.15) is 11.3 Å². The molecule has 0 spiro atoms. The maximum Gasteiger partial charge on any atom is 0.419 e. The van der Waals surface area contributed by atoms with Gasteiger partial charge in [0.05, 0.1) is 0 Å². The van der Waals surface area contributed by atoms with Crippen molar-refractivity contribution in [2.24, 2.45) is 0 Å². The van der Waals surface area contributed by atoms with Gasteiger partial charge in [0.2, 0.25) is 5.88 Å². The first kappa shape index (κ1) is 8.62. The fourth-order valence-electron chi connectivity index (χ4n) is 1.25. The Labute approximate surface area is 79.8 Å². The molecule has 0 aliphatic heterocycles.